The fourth-order valence-electron chi connectivity index (χ4n) is 4.63. The van der Waals surface area contributed by atoms with Crippen LogP contribution in [0.2, 0.25) is 0 Å². The molecular formula is C28H28N2O4. The van der Waals surface area contributed by atoms with Crippen molar-refractivity contribution in [2.75, 3.05) is 20.3 Å². The minimum Gasteiger partial charge on any atom is -0.497 e. The second kappa shape index (κ2) is 9.51. The molecule has 0 aliphatic carbocycles. The van der Waals surface area contributed by atoms with E-state index in [1.807, 2.05) is 61.5 Å². The molecule has 1 aliphatic heterocycles. The van der Waals surface area contributed by atoms with Gasteiger partial charge in [-0.15, -0.1) is 0 Å². The molecule has 1 aliphatic rings. The van der Waals surface area contributed by atoms with Crippen LogP contribution in [0.5, 0.6) is 11.5 Å². The summed E-state index contributed by atoms with van der Waals surface area (Å²) in [6.07, 6.45) is 0.433. The number of nitrogens with zero attached hydrogens (tertiary/aromatic N) is 1. The predicted molar refractivity (Wildman–Crippen MR) is 131 cm³/mol. The monoisotopic (exact) mass is 456 g/mol. The van der Waals surface area contributed by atoms with Gasteiger partial charge in [0, 0.05) is 23.1 Å². The van der Waals surface area contributed by atoms with Gasteiger partial charge in [-0.2, -0.15) is 0 Å². The van der Waals surface area contributed by atoms with E-state index in [0.29, 0.717) is 19.8 Å². The molecule has 0 bridgehead atoms. The molecular weight excluding hydrogens is 428 g/mol. The third-order valence-electron chi connectivity index (χ3n) is 6.28. The number of methoxy groups -OCH3 is 1. The zero-order valence-electron chi connectivity index (χ0n) is 19.4. The molecule has 1 N–H and O–H groups in total. The van der Waals surface area contributed by atoms with Crippen LogP contribution in [0, 0.1) is 0 Å². The molecule has 3 aromatic carbocycles. The van der Waals surface area contributed by atoms with Crippen molar-refractivity contribution in [2.24, 2.45) is 0 Å². The Bertz CT molecular complexity index is 1280. The van der Waals surface area contributed by atoms with E-state index in [4.69, 9.17) is 14.2 Å². The smallest absolute Gasteiger partial charge is 0.410 e. The number of amides is 1. The zero-order chi connectivity index (χ0) is 23.5. The maximum atomic E-state index is 12.8. The molecule has 5 rings (SSSR count). The highest BCUT2D eigenvalue weighted by molar-refractivity contribution is 5.87. The number of hydrogen-bond donors (Lipinski definition) is 1. The number of nitrogens with one attached hydrogen (secondary N) is 1. The van der Waals surface area contributed by atoms with Crippen molar-refractivity contribution >= 4 is 17.0 Å². The predicted octanol–water partition coefficient (Wildman–Crippen LogP) is 5.86. The highest BCUT2D eigenvalue weighted by atomic mass is 16.6. The number of aromatic amines is 1. The third-order valence-corrected chi connectivity index (χ3v) is 6.28. The lowest BCUT2D eigenvalue weighted by molar-refractivity contribution is 0.0932. The molecule has 0 spiro atoms. The van der Waals surface area contributed by atoms with Gasteiger partial charge in [0.25, 0.3) is 0 Å². The summed E-state index contributed by atoms with van der Waals surface area (Å²) < 4.78 is 16.8. The molecule has 0 saturated carbocycles. The van der Waals surface area contributed by atoms with Gasteiger partial charge in [0.15, 0.2) is 0 Å². The van der Waals surface area contributed by atoms with Crippen molar-refractivity contribution in [3.05, 3.63) is 95.2 Å². The van der Waals surface area contributed by atoms with Gasteiger partial charge < -0.3 is 19.2 Å². The van der Waals surface area contributed by atoms with E-state index in [1.54, 1.807) is 12.0 Å². The molecule has 34 heavy (non-hydrogen) atoms. The highest BCUT2D eigenvalue weighted by Gasteiger charge is 2.35. The Morgan fingerprint density at radius 2 is 1.79 bits per heavy atom. The lowest BCUT2D eigenvalue weighted by atomic mass is 9.92. The number of fused-ring (bicyclic) bond motifs is 3. The first-order valence-electron chi connectivity index (χ1n) is 11.6. The average Bonchev–Trinajstić information content (AvgIpc) is 3.25. The van der Waals surface area contributed by atoms with Gasteiger partial charge in [-0.3, -0.25) is 4.90 Å². The molecule has 0 fully saturated rings. The third kappa shape index (κ3) is 4.19. The Hall–Kier alpha value is -3.93. The number of ether oxygens (including phenoxy) is 3. The number of H-pyrrole nitrogens is 1. The summed E-state index contributed by atoms with van der Waals surface area (Å²) in [6, 6.07) is 23.9. The van der Waals surface area contributed by atoms with Gasteiger partial charge in [-0.25, -0.2) is 4.79 Å². The van der Waals surface area contributed by atoms with E-state index in [1.165, 1.54) is 5.56 Å². The van der Waals surface area contributed by atoms with E-state index < -0.39 is 0 Å². The number of benzene rings is 3. The first kappa shape index (κ1) is 21.9. The maximum Gasteiger partial charge on any atom is 0.410 e. The molecule has 174 valence electrons. The molecule has 1 atom stereocenters. The van der Waals surface area contributed by atoms with Crippen LogP contribution >= 0.6 is 0 Å². The first-order chi connectivity index (χ1) is 16.7. The van der Waals surface area contributed by atoms with Crippen molar-refractivity contribution in [1.29, 1.82) is 0 Å². The number of hydrogen-bond acceptors (Lipinski definition) is 4. The Labute approximate surface area is 199 Å². The average molecular weight is 457 g/mol. The molecule has 1 amide bonds. The van der Waals surface area contributed by atoms with Gasteiger partial charge in [-0.1, -0.05) is 42.5 Å². The number of carbonyl (C=O) groups excluding carboxylic acids is 1. The first-order valence-corrected chi connectivity index (χ1v) is 11.6. The van der Waals surface area contributed by atoms with E-state index in [2.05, 4.69) is 23.2 Å². The molecule has 6 heteroatoms. The summed E-state index contributed by atoms with van der Waals surface area (Å²) in [4.78, 5) is 18.2. The van der Waals surface area contributed by atoms with Crippen molar-refractivity contribution in [3.63, 3.8) is 0 Å². The van der Waals surface area contributed by atoms with Gasteiger partial charge >= 0.3 is 6.09 Å². The van der Waals surface area contributed by atoms with Gasteiger partial charge in [-0.05, 0) is 60.4 Å². The normalized spacial score (nSPS) is 15.1. The standard InChI is InChI=1S/C28H28N2O4/c1-3-33-28(31)30-16-15-23-24-17-22(34-18-19-7-5-4-6-8-19)13-14-25(24)29-26(23)27(30)20-9-11-21(32-2)12-10-20/h4-14,17,27,29H,3,15-16,18H2,1-2H3. The molecule has 1 unspecified atom stereocenters. The zero-order valence-corrected chi connectivity index (χ0v) is 19.4. The molecule has 0 saturated heterocycles. The molecule has 1 aromatic heterocycles. The molecule has 0 radical (unpaired) electrons. The second-order valence-electron chi connectivity index (χ2n) is 8.32. The minimum atomic E-state index is -0.306. The summed E-state index contributed by atoms with van der Waals surface area (Å²) in [6.45, 7) is 3.26. The molecule has 2 heterocycles. The summed E-state index contributed by atoms with van der Waals surface area (Å²) in [5.74, 6) is 1.60. The fourth-order valence-corrected chi connectivity index (χ4v) is 4.63. The van der Waals surface area contributed by atoms with Crippen LogP contribution in [0.4, 0.5) is 4.79 Å². The van der Waals surface area contributed by atoms with Crippen molar-refractivity contribution in [1.82, 2.24) is 9.88 Å². The van der Waals surface area contributed by atoms with Gasteiger partial charge in [0.2, 0.25) is 0 Å². The largest absolute Gasteiger partial charge is 0.497 e. The second-order valence-corrected chi connectivity index (χ2v) is 8.32. The van der Waals surface area contributed by atoms with Gasteiger partial charge in [0.1, 0.15) is 24.1 Å². The Balaban J connectivity index is 1.51. The lowest BCUT2D eigenvalue weighted by Crippen LogP contribution is -2.40. The van der Waals surface area contributed by atoms with E-state index in [0.717, 1.165) is 45.6 Å². The topological polar surface area (TPSA) is 63.8 Å². The number of carbonyl (C=O) groups is 1. The summed E-state index contributed by atoms with van der Waals surface area (Å²) in [5, 5.41) is 1.13. The van der Waals surface area contributed by atoms with Crippen LogP contribution in [-0.2, 0) is 17.8 Å². The van der Waals surface area contributed by atoms with Gasteiger partial charge in [0.05, 0.1) is 13.7 Å². The quantitative estimate of drug-likeness (QED) is 0.395. The maximum absolute atomic E-state index is 12.8. The van der Waals surface area contributed by atoms with Crippen molar-refractivity contribution in [3.8, 4) is 11.5 Å². The Morgan fingerprint density at radius 3 is 2.53 bits per heavy atom. The van der Waals surface area contributed by atoms with Crippen LogP contribution in [0.1, 0.15) is 35.3 Å². The van der Waals surface area contributed by atoms with E-state index >= 15 is 0 Å². The summed E-state index contributed by atoms with van der Waals surface area (Å²) in [5.41, 5.74) is 5.38. The highest BCUT2D eigenvalue weighted by Crippen LogP contribution is 2.40. The fraction of sp³-hybridized carbons (Fsp3) is 0.250. The summed E-state index contributed by atoms with van der Waals surface area (Å²) in [7, 11) is 1.65. The number of aromatic nitrogens is 1. The lowest BCUT2D eigenvalue weighted by Gasteiger charge is -2.35. The van der Waals surface area contributed by atoms with E-state index in [-0.39, 0.29) is 12.1 Å². The van der Waals surface area contributed by atoms with Crippen LogP contribution in [0.15, 0.2) is 72.8 Å². The van der Waals surface area contributed by atoms with Crippen molar-refractivity contribution in [2.45, 2.75) is 26.0 Å². The SMILES string of the molecule is CCOC(=O)N1CCc2c([nH]c3ccc(OCc4ccccc4)cc23)C1c1ccc(OC)cc1. The molecule has 4 aromatic rings. The Morgan fingerprint density at radius 1 is 1.03 bits per heavy atom. The van der Waals surface area contributed by atoms with Crippen molar-refractivity contribution < 1.29 is 19.0 Å². The summed E-state index contributed by atoms with van der Waals surface area (Å²) >= 11 is 0. The van der Waals surface area contributed by atoms with Crippen LogP contribution in [0.3, 0.4) is 0 Å². The van der Waals surface area contributed by atoms with Crippen LogP contribution in [-0.4, -0.2) is 36.2 Å². The molecule has 6 nitrogen and oxygen atoms in total. The van der Waals surface area contributed by atoms with Crippen LogP contribution in [0.25, 0.3) is 10.9 Å². The Kier molecular flexibility index (Phi) is 6.12. The number of rotatable bonds is 6. The van der Waals surface area contributed by atoms with Crippen LogP contribution < -0.4 is 9.47 Å². The minimum absolute atomic E-state index is 0.269. The van der Waals surface area contributed by atoms with E-state index in [9.17, 15) is 4.79 Å².